The molecule has 11 rings (SSSR count). The molecule has 7 aromatic carbocycles. The van der Waals surface area contributed by atoms with E-state index in [1.807, 2.05) is 106 Å². The molecular weight excluding hydrogens is 1180 g/mol. The van der Waals surface area contributed by atoms with Gasteiger partial charge < -0.3 is 31.9 Å². The SMILES string of the molecule is [Au].[Au].[C-]#Cc1ccc2c(c1)[Si](C)(C)c1ccccc1-2.[C-]#Cc1ccc2c(c1)[Si](C)(C)c1ccccc1-2.[c-]1nc(-c2ccccc2-c2cn(-c3ccccc3)[c-]n2)cn1-c1ccccc1. The van der Waals surface area contributed by atoms with Gasteiger partial charge in [0, 0.05) is 57.4 Å². The Hall–Kier alpha value is -6.01. The summed E-state index contributed by atoms with van der Waals surface area (Å²) in [5, 5.41) is 5.90. The van der Waals surface area contributed by atoms with E-state index in [0.29, 0.717) is 0 Å². The van der Waals surface area contributed by atoms with Crippen LogP contribution in [0.5, 0.6) is 0 Å². The fourth-order valence-electron chi connectivity index (χ4n) is 8.77. The molecule has 0 N–H and O–H groups in total. The topological polar surface area (TPSA) is 35.6 Å². The van der Waals surface area contributed by atoms with Crippen LogP contribution in [0.4, 0.5) is 0 Å². The molecule has 8 heteroatoms. The summed E-state index contributed by atoms with van der Waals surface area (Å²) < 4.78 is 3.81. The third-order valence-corrected chi connectivity index (χ3v) is 19.1. The van der Waals surface area contributed by atoms with Gasteiger partial charge in [-0.1, -0.05) is 206 Å². The van der Waals surface area contributed by atoms with Gasteiger partial charge >= 0.3 is 0 Å². The minimum atomic E-state index is -1.55. The summed E-state index contributed by atoms with van der Waals surface area (Å²) in [6.07, 6.45) is 24.6. The number of hydrogen-bond acceptors (Lipinski definition) is 2. The fourth-order valence-corrected chi connectivity index (χ4v) is 15.0. The molecule has 0 saturated carbocycles. The Morgan fingerprint density at radius 1 is 0.406 bits per heavy atom. The van der Waals surface area contributed by atoms with Crippen molar-refractivity contribution in [3.8, 4) is 68.0 Å². The molecule has 9 aromatic rings. The van der Waals surface area contributed by atoms with E-state index in [9.17, 15) is 0 Å². The van der Waals surface area contributed by atoms with Crippen molar-refractivity contribution in [2.24, 2.45) is 0 Å². The Balaban J connectivity index is 0.000000149. The van der Waals surface area contributed by atoms with Crippen LogP contribution in [0.2, 0.25) is 26.2 Å². The van der Waals surface area contributed by atoms with E-state index in [-0.39, 0.29) is 44.8 Å². The van der Waals surface area contributed by atoms with Gasteiger partial charge in [-0.3, -0.25) is 11.8 Å². The Kier molecular flexibility index (Phi) is 13.9. The molecule has 0 unspecified atom stereocenters. The maximum Gasteiger partial charge on any atom is 0.111 e. The van der Waals surface area contributed by atoms with Crippen molar-refractivity contribution in [3.05, 3.63) is 219 Å². The van der Waals surface area contributed by atoms with Gasteiger partial charge in [0.2, 0.25) is 0 Å². The van der Waals surface area contributed by atoms with E-state index < -0.39 is 16.1 Å². The van der Waals surface area contributed by atoms with Crippen molar-refractivity contribution in [1.29, 1.82) is 0 Å². The van der Waals surface area contributed by atoms with Gasteiger partial charge in [0.15, 0.2) is 0 Å². The largest absolute Gasteiger partial charge is 0.433 e. The maximum absolute atomic E-state index is 7.26. The van der Waals surface area contributed by atoms with E-state index in [4.69, 9.17) is 12.8 Å². The molecule has 0 bridgehead atoms. The number of imidazole rings is 2. The van der Waals surface area contributed by atoms with Crippen LogP contribution in [0.3, 0.4) is 0 Å². The first-order valence-electron chi connectivity index (χ1n) is 20.7. The number of aromatic nitrogens is 4. The predicted molar refractivity (Wildman–Crippen MR) is 259 cm³/mol. The van der Waals surface area contributed by atoms with Crippen LogP contribution < -0.4 is 20.7 Å². The average molecular weight is 1220 g/mol. The van der Waals surface area contributed by atoms with E-state index >= 15 is 0 Å². The molecular formula is C56H42Au2N4Si2-4. The molecule has 2 radical (unpaired) electrons. The van der Waals surface area contributed by atoms with Crippen LogP contribution in [0, 0.1) is 37.3 Å². The van der Waals surface area contributed by atoms with Crippen LogP contribution in [0.15, 0.2) is 182 Å². The van der Waals surface area contributed by atoms with Crippen LogP contribution in [0.1, 0.15) is 11.1 Å². The van der Waals surface area contributed by atoms with Gasteiger partial charge in [0.1, 0.15) is 16.1 Å². The van der Waals surface area contributed by atoms with Crippen LogP contribution in [-0.2, 0) is 44.8 Å². The molecule has 0 aliphatic carbocycles. The number of benzene rings is 7. The van der Waals surface area contributed by atoms with E-state index in [1.165, 1.54) is 43.0 Å². The normalized spacial score (nSPS) is 12.7. The Morgan fingerprint density at radius 2 is 0.734 bits per heavy atom. The van der Waals surface area contributed by atoms with Gasteiger partial charge in [0.25, 0.3) is 0 Å². The summed E-state index contributed by atoms with van der Waals surface area (Å²) in [6.45, 7) is 9.52. The molecule has 0 spiro atoms. The molecule has 320 valence electrons. The second-order valence-electron chi connectivity index (χ2n) is 16.5. The summed E-state index contributed by atoms with van der Waals surface area (Å²) in [5.41, 5.74) is 13.1. The van der Waals surface area contributed by atoms with E-state index in [1.54, 1.807) is 0 Å². The fraction of sp³-hybridized carbons (Fsp3) is 0.0714. The summed E-state index contributed by atoms with van der Waals surface area (Å²) in [7, 11) is -3.10. The van der Waals surface area contributed by atoms with Gasteiger partial charge in [-0.05, 0) is 55.4 Å². The predicted octanol–water partition coefficient (Wildman–Crippen LogP) is 9.84. The first-order valence-corrected chi connectivity index (χ1v) is 26.7. The molecule has 4 heterocycles. The number of fused-ring (bicyclic) bond motifs is 6. The molecule has 0 amide bonds. The van der Waals surface area contributed by atoms with Crippen molar-refractivity contribution in [2.45, 2.75) is 26.2 Å². The molecule has 0 fully saturated rings. The third-order valence-electron chi connectivity index (χ3n) is 12.1. The zero-order valence-corrected chi connectivity index (χ0v) is 42.0. The van der Waals surface area contributed by atoms with Gasteiger partial charge in [-0.15, -0.1) is 35.4 Å². The van der Waals surface area contributed by atoms with E-state index in [0.717, 1.165) is 45.0 Å². The standard InChI is InChI=1S/C24H16N4.2C16H13Si.2Au/c1-3-9-19(10-4-1)27-15-23(25-17-27)21-13-7-8-14-22(21)24-16-28(18-26-24)20-11-5-2-6-12-20;2*1-4-12-9-10-14-13-7-5-6-8-15(13)17(2,3)16(14)11-12;;/h1-16H;2*5-11H,2-3H3;;/q-2;2*-1;;. The molecule has 0 saturated heterocycles. The molecule has 2 aliphatic rings. The smallest absolute Gasteiger partial charge is 0.111 e. The third kappa shape index (κ3) is 8.77. The molecule has 4 nitrogen and oxygen atoms in total. The van der Waals surface area contributed by atoms with Crippen LogP contribution in [-0.4, -0.2) is 35.2 Å². The van der Waals surface area contributed by atoms with Crippen molar-refractivity contribution in [3.63, 3.8) is 0 Å². The number of nitrogens with zero attached hydrogens (tertiary/aromatic N) is 4. The first-order chi connectivity index (χ1) is 30.2. The van der Waals surface area contributed by atoms with Crippen LogP contribution >= 0.6 is 0 Å². The monoisotopic (exact) mass is 1220 g/mol. The van der Waals surface area contributed by atoms with Crippen molar-refractivity contribution in [1.82, 2.24) is 19.1 Å². The second-order valence-corrected chi connectivity index (χ2v) is 25.2. The van der Waals surface area contributed by atoms with Gasteiger partial charge in [0.05, 0.1) is 0 Å². The minimum absolute atomic E-state index is 0. The minimum Gasteiger partial charge on any atom is -0.433 e. The zero-order chi connectivity index (χ0) is 42.8. The Bertz CT molecular complexity index is 2960. The summed E-state index contributed by atoms with van der Waals surface area (Å²) in [6, 6.07) is 58.2. The average Bonchev–Trinajstić information content (AvgIpc) is 4.12. The van der Waals surface area contributed by atoms with Gasteiger partial charge in [-0.25, -0.2) is 0 Å². The maximum atomic E-state index is 7.26. The van der Waals surface area contributed by atoms with Gasteiger partial charge in [-0.2, -0.15) is 0 Å². The number of hydrogen-bond donors (Lipinski definition) is 0. The Labute approximate surface area is 410 Å². The summed E-state index contributed by atoms with van der Waals surface area (Å²) >= 11 is 0. The summed E-state index contributed by atoms with van der Waals surface area (Å²) in [4.78, 5) is 9.01. The quantitative estimate of drug-likeness (QED) is 0.100. The number of para-hydroxylation sites is 2. The van der Waals surface area contributed by atoms with Crippen molar-refractivity contribution >= 4 is 36.9 Å². The molecule has 2 aromatic heterocycles. The van der Waals surface area contributed by atoms with Crippen molar-refractivity contribution in [2.75, 3.05) is 0 Å². The van der Waals surface area contributed by atoms with E-state index in [2.05, 4.69) is 146 Å². The molecule has 0 atom stereocenters. The van der Waals surface area contributed by atoms with Crippen molar-refractivity contribution < 1.29 is 44.8 Å². The Morgan fingerprint density at radius 3 is 1.11 bits per heavy atom. The molecule has 2 aliphatic heterocycles. The second kappa shape index (κ2) is 19.4. The number of rotatable bonds is 4. The van der Waals surface area contributed by atoms with Crippen LogP contribution in [0.25, 0.3) is 56.1 Å². The summed E-state index contributed by atoms with van der Waals surface area (Å²) in [5.74, 6) is 4.99. The zero-order valence-electron chi connectivity index (χ0n) is 35.7. The first kappa shape index (κ1) is 46.0. The molecule has 64 heavy (non-hydrogen) atoms.